The first kappa shape index (κ1) is 13.9. The van der Waals surface area contributed by atoms with Crippen LogP contribution < -0.4 is 5.73 Å². The van der Waals surface area contributed by atoms with E-state index in [1.807, 2.05) is 0 Å². The maximum Gasteiger partial charge on any atom is 0.418 e. The van der Waals surface area contributed by atoms with E-state index in [-0.39, 0.29) is 17.1 Å². The normalized spacial score (nSPS) is 11.4. The number of esters is 1. The highest BCUT2D eigenvalue weighted by Gasteiger charge is 2.34. The molecule has 0 saturated carbocycles. The van der Waals surface area contributed by atoms with Crippen LogP contribution in [0.4, 0.5) is 18.9 Å². The number of para-hydroxylation sites is 1. The molecule has 0 aliphatic carbocycles. The van der Waals surface area contributed by atoms with Crippen LogP contribution in [0.3, 0.4) is 0 Å². The predicted octanol–water partition coefficient (Wildman–Crippen LogP) is 2.26. The van der Waals surface area contributed by atoms with Crippen LogP contribution in [-0.2, 0) is 10.9 Å². The third-order valence-electron chi connectivity index (χ3n) is 2.58. The highest BCUT2D eigenvalue weighted by molar-refractivity contribution is 5.92. The van der Waals surface area contributed by atoms with Gasteiger partial charge in [-0.15, -0.1) is 0 Å². The second-order valence-electron chi connectivity index (χ2n) is 3.88. The summed E-state index contributed by atoms with van der Waals surface area (Å²) in [5.41, 5.74) is 4.16. The van der Waals surface area contributed by atoms with Crippen molar-refractivity contribution < 1.29 is 22.7 Å². The third-order valence-corrected chi connectivity index (χ3v) is 2.58. The van der Waals surface area contributed by atoms with Crippen molar-refractivity contribution in [3.05, 3.63) is 41.7 Å². The average molecular weight is 285 g/mol. The summed E-state index contributed by atoms with van der Waals surface area (Å²) in [6, 6.07) is 4.85. The van der Waals surface area contributed by atoms with Gasteiger partial charge in [0.25, 0.3) is 0 Å². The Morgan fingerprint density at radius 1 is 1.35 bits per heavy atom. The number of hydrogen-bond acceptors (Lipinski definition) is 4. The van der Waals surface area contributed by atoms with Gasteiger partial charge in [-0.2, -0.15) is 18.3 Å². The topological polar surface area (TPSA) is 70.1 Å². The molecule has 2 aromatic rings. The fraction of sp³-hybridized carbons (Fsp3) is 0.167. The largest absolute Gasteiger partial charge is 0.464 e. The number of halogens is 3. The van der Waals surface area contributed by atoms with Crippen LogP contribution in [0.2, 0.25) is 0 Å². The highest BCUT2D eigenvalue weighted by atomic mass is 19.4. The molecule has 0 unspecified atom stereocenters. The Kier molecular flexibility index (Phi) is 3.39. The van der Waals surface area contributed by atoms with Crippen molar-refractivity contribution in [2.75, 3.05) is 12.8 Å². The number of benzene rings is 1. The summed E-state index contributed by atoms with van der Waals surface area (Å²) >= 11 is 0. The second kappa shape index (κ2) is 4.87. The van der Waals surface area contributed by atoms with Crippen LogP contribution in [-0.4, -0.2) is 22.9 Å². The fourth-order valence-corrected chi connectivity index (χ4v) is 1.68. The molecule has 2 rings (SSSR count). The van der Waals surface area contributed by atoms with Crippen LogP contribution in [0.1, 0.15) is 16.1 Å². The quantitative estimate of drug-likeness (QED) is 0.859. The van der Waals surface area contributed by atoms with Crippen LogP contribution in [0.25, 0.3) is 5.69 Å². The van der Waals surface area contributed by atoms with E-state index >= 15 is 0 Å². The van der Waals surface area contributed by atoms with Crippen LogP contribution in [0.15, 0.2) is 30.5 Å². The van der Waals surface area contributed by atoms with Crippen molar-refractivity contribution in [3.8, 4) is 5.69 Å². The molecule has 1 aromatic heterocycles. The number of alkyl halides is 3. The van der Waals surface area contributed by atoms with Gasteiger partial charge in [0.2, 0.25) is 0 Å². The molecule has 0 aliphatic rings. The van der Waals surface area contributed by atoms with Crippen LogP contribution in [0.5, 0.6) is 0 Å². The number of nitrogen functional groups attached to an aromatic ring is 1. The Morgan fingerprint density at radius 3 is 2.60 bits per heavy atom. The standard InChI is InChI=1S/C12H10F3N3O2/c1-20-11(19)10-8(16)6-18(17-10)9-5-3-2-4-7(9)12(13,14)15/h2-6H,16H2,1H3. The fourth-order valence-electron chi connectivity index (χ4n) is 1.68. The molecule has 0 bridgehead atoms. The van der Waals surface area contributed by atoms with Gasteiger partial charge in [-0.25, -0.2) is 9.48 Å². The molecule has 8 heteroatoms. The molecule has 0 atom stereocenters. The van der Waals surface area contributed by atoms with Gasteiger partial charge in [-0.1, -0.05) is 12.1 Å². The molecule has 106 valence electrons. The Labute approximate surface area is 111 Å². The molecule has 0 spiro atoms. The van der Waals surface area contributed by atoms with Gasteiger partial charge in [-0.05, 0) is 12.1 Å². The Hall–Kier alpha value is -2.51. The number of hydrogen-bond donors (Lipinski definition) is 1. The summed E-state index contributed by atoms with van der Waals surface area (Å²) in [6.45, 7) is 0. The first-order valence-corrected chi connectivity index (χ1v) is 5.44. The number of rotatable bonds is 2. The number of aromatic nitrogens is 2. The average Bonchev–Trinajstić information content (AvgIpc) is 2.79. The molecule has 5 nitrogen and oxygen atoms in total. The molecule has 1 heterocycles. The molecule has 2 N–H and O–H groups in total. The van der Waals surface area contributed by atoms with Gasteiger partial charge in [0, 0.05) is 0 Å². The molecule has 20 heavy (non-hydrogen) atoms. The predicted molar refractivity (Wildman–Crippen MR) is 64.3 cm³/mol. The summed E-state index contributed by atoms with van der Waals surface area (Å²) in [5.74, 6) is -0.814. The van der Waals surface area contributed by atoms with Gasteiger partial charge in [0.15, 0.2) is 5.69 Å². The molecular weight excluding hydrogens is 275 g/mol. The van der Waals surface area contributed by atoms with E-state index < -0.39 is 17.7 Å². The van der Waals surface area contributed by atoms with Crippen LogP contribution in [0, 0.1) is 0 Å². The maximum absolute atomic E-state index is 12.9. The molecule has 0 fully saturated rings. The SMILES string of the molecule is COC(=O)c1nn(-c2ccccc2C(F)(F)F)cc1N. The Bertz CT molecular complexity index is 650. The second-order valence-corrected chi connectivity index (χ2v) is 3.88. The zero-order valence-corrected chi connectivity index (χ0v) is 10.3. The van der Waals surface area contributed by atoms with E-state index in [0.717, 1.165) is 24.1 Å². The monoisotopic (exact) mass is 285 g/mol. The molecule has 0 aliphatic heterocycles. The molecule has 0 amide bonds. The number of anilines is 1. The lowest BCUT2D eigenvalue weighted by Gasteiger charge is -2.12. The Morgan fingerprint density at radius 2 is 2.00 bits per heavy atom. The van der Waals surface area contributed by atoms with Gasteiger partial charge in [0.05, 0.1) is 30.2 Å². The minimum Gasteiger partial charge on any atom is -0.464 e. The van der Waals surface area contributed by atoms with Crippen molar-refractivity contribution in [3.63, 3.8) is 0 Å². The summed E-state index contributed by atoms with van der Waals surface area (Å²) in [5, 5.41) is 3.74. The number of nitrogens with two attached hydrogens (primary N) is 1. The smallest absolute Gasteiger partial charge is 0.418 e. The highest BCUT2D eigenvalue weighted by Crippen LogP contribution is 2.33. The first-order chi connectivity index (χ1) is 9.34. The first-order valence-electron chi connectivity index (χ1n) is 5.44. The third kappa shape index (κ3) is 2.44. The van der Waals surface area contributed by atoms with Crippen molar-refractivity contribution in [2.24, 2.45) is 0 Å². The summed E-state index contributed by atoms with van der Waals surface area (Å²) in [7, 11) is 1.13. The van der Waals surface area contributed by atoms with E-state index in [2.05, 4.69) is 9.84 Å². The number of ether oxygens (including phenoxy) is 1. The number of carbonyl (C=O) groups is 1. The summed E-state index contributed by atoms with van der Waals surface area (Å²) in [4.78, 5) is 11.4. The van der Waals surface area contributed by atoms with E-state index in [0.29, 0.717) is 0 Å². The maximum atomic E-state index is 12.9. The van der Waals surface area contributed by atoms with Crippen molar-refractivity contribution in [1.82, 2.24) is 9.78 Å². The van der Waals surface area contributed by atoms with Gasteiger partial charge >= 0.3 is 12.1 Å². The zero-order valence-electron chi connectivity index (χ0n) is 10.3. The van der Waals surface area contributed by atoms with E-state index in [1.165, 1.54) is 18.2 Å². The van der Waals surface area contributed by atoms with Crippen LogP contribution >= 0.6 is 0 Å². The number of nitrogens with zero attached hydrogens (tertiary/aromatic N) is 2. The van der Waals surface area contributed by atoms with Gasteiger partial charge in [-0.3, -0.25) is 0 Å². The summed E-state index contributed by atoms with van der Waals surface area (Å²) in [6.07, 6.45) is -3.40. The van der Waals surface area contributed by atoms with Gasteiger partial charge < -0.3 is 10.5 Å². The molecule has 0 saturated heterocycles. The molecular formula is C12H10F3N3O2. The lowest BCUT2D eigenvalue weighted by molar-refractivity contribution is -0.137. The molecule has 0 radical (unpaired) electrons. The Balaban J connectivity index is 2.56. The molecule has 1 aromatic carbocycles. The van der Waals surface area contributed by atoms with E-state index in [1.54, 1.807) is 0 Å². The van der Waals surface area contributed by atoms with Gasteiger partial charge in [0.1, 0.15) is 0 Å². The van der Waals surface area contributed by atoms with Crippen molar-refractivity contribution in [2.45, 2.75) is 6.18 Å². The van der Waals surface area contributed by atoms with Crippen molar-refractivity contribution >= 4 is 11.7 Å². The minimum absolute atomic E-state index is 0.0613. The lowest BCUT2D eigenvalue weighted by Crippen LogP contribution is -2.11. The van der Waals surface area contributed by atoms with Crippen molar-refractivity contribution in [1.29, 1.82) is 0 Å². The minimum atomic E-state index is -4.54. The number of methoxy groups -OCH3 is 1. The number of carbonyl (C=O) groups excluding carboxylic acids is 1. The zero-order chi connectivity index (χ0) is 14.9. The lowest BCUT2D eigenvalue weighted by atomic mass is 10.2. The van der Waals surface area contributed by atoms with E-state index in [9.17, 15) is 18.0 Å². The summed E-state index contributed by atoms with van der Waals surface area (Å²) < 4.78 is 44.1. The van der Waals surface area contributed by atoms with E-state index in [4.69, 9.17) is 5.73 Å².